The number of rotatable bonds is 6. The van der Waals surface area contributed by atoms with E-state index in [2.05, 4.69) is 25.4 Å². The van der Waals surface area contributed by atoms with E-state index in [9.17, 15) is 4.79 Å². The molecule has 0 unspecified atom stereocenters. The van der Waals surface area contributed by atoms with Crippen LogP contribution in [0.4, 0.5) is 0 Å². The van der Waals surface area contributed by atoms with Crippen molar-refractivity contribution in [1.82, 2.24) is 30.1 Å². The van der Waals surface area contributed by atoms with Crippen LogP contribution in [0.15, 0.2) is 18.5 Å². The van der Waals surface area contributed by atoms with Gasteiger partial charge in [-0.15, -0.1) is 5.10 Å². The molecule has 1 fully saturated rings. The van der Waals surface area contributed by atoms with Gasteiger partial charge in [-0.3, -0.25) is 9.48 Å². The van der Waals surface area contributed by atoms with Crippen molar-refractivity contribution in [2.45, 2.75) is 57.7 Å². The molecule has 0 atom stereocenters. The molecule has 0 spiro atoms. The lowest BCUT2D eigenvalue weighted by Crippen LogP contribution is -2.22. The molecule has 0 bridgehead atoms. The fourth-order valence-corrected chi connectivity index (χ4v) is 3.11. The zero-order valence-corrected chi connectivity index (χ0v) is 13.6. The molecule has 1 aliphatic carbocycles. The van der Waals surface area contributed by atoms with Crippen LogP contribution in [0.3, 0.4) is 0 Å². The summed E-state index contributed by atoms with van der Waals surface area (Å²) in [6.07, 6.45) is 9.71. The largest absolute Gasteiger partial charge is 0.349 e. The van der Waals surface area contributed by atoms with Crippen molar-refractivity contribution < 1.29 is 4.79 Å². The van der Waals surface area contributed by atoms with Gasteiger partial charge in [-0.25, -0.2) is 4.68 Å². The minimum Gasteiger partial charge on any atom is -0.349 e. The Morgan fingerprint density at radius 1 is 1.38 bits per heavy atom. The van der Waals surface area contributed by atoms with E-state index < -0.39 is 0 Å². The third kappa shape index (κ3) is 3.98. The lowest BCUT2D eigenvalue weighted by molar-refractivity contribution is -0.120. The molecule has 1 aliphatic rings. The van der Waals surface area contributed by atoms with Crippen LogP contribution >= 0.6 is 0 Å². The fourth-order valence-electron chi connectivity index (χ4n) is 3.11. The summed E-state index contributed by atoms with van der Waals surface area (Å²) in [6, 6.07) is 4.31. The Morgan fingerprint density at radius 3 is 3.00 bits per heavy atom. The maximum atomic E-state index is 11.3. The van der Waals surface area contributed by atoms with E-state index in [0.29, 0.717) is 18.3 Å². The molecule has 0 aromatic carbocycles. The van der Waals surface area contributed by atoms with Gasteiger partial charge in [0.25, 0.3) is 0 Å². The third-order valence-electron chi connectivity index (χ3n) is 4.29. The average molecular weight is 327 g/mol. The van der Waals surface area contributed by atoms with Gasteiger partial charge in [0.15, 0.2) is 0 Å². The van der Waals surface area contributed by atoms with Crippen molar-refractivity contribution in [1.29, 1.82) is 5.26 Å². The van der Waals surface area contributed by atoms with Gasteiger partial charge in [0.05, 0.1) is 37.1 Å². The van der Waals surface area contributed by atoms with Crippen molar-refractivity contribution in [3.05, 3.63) is 29.8 Å². The lowest BCUT2D eigenvalue weighted by Gasteiger charge is -2.23. The molecule has 8 nitrogen and oxygen atoms in total. The molecule has 2 heterocycles. The quantitative estimate of drug-likeness (QED) is 0.867. The third-order valence-corrected chi connectivity index (χ3v) is 4.29. The first-order valence-corrected chi connectivity index (χ1v) is 8.31. The van der Waals surface area contributed by atoms with Crippen LogP contribution in [0.25, 0.3) is 0 Å². The topological polar surface area (TPSA) is 101 Å². The standard InChI is InChI=1S/C16H21N7O/c17-8-6-16(24)18-10-13-11-22(21-20-13)12-15-7-9-19-23(15)14-4-2-1-3-5-14/h7,9,11,14H,1-6,10,12H2,(H,18,24). The molecule has 0 radical (unpaired) electrons. The predicted octanol–water partition coefficient (Wildman–Crippen LogP) is 1.56. The molecule has 3 rings (SSSR count). The Kier molecular flexibility index (Phi) is 5.21. The maximum Gasteiger partial charge on any atom is 0.234 e. The first-order valence-electron chi connectivity index (χ1n) is 8.31. The first-order chi connectivity index (χ1) is 11.8. The van der Waals surface area contributed by atoms with Gasteiger partial charge < -0.3 is 5.32 Å². The maximum absolute atomic E-state index is 11.3. The van der Waals surface area contributed by atoms with E-state index in [0.717, 1.165) is 5.69 Å². The highest BCUT2D eigenvalue weighted by Gasteiger charge is 2.18. The minimum absolute atomic E-state index is 0.144. The summed E-state index contributed by atoms with van der Waals surface area (Å²) in [4.78, 5) is 11.3. The molecule has 1 amide bonds. The van der Waals surface area contributed by atoms with Gasteiger partial charge in [0, 0.05) is 6.20 Å². The Hall–Kier alpha value is -2.69. The Morgan fingerprint density at radius 2 is 2.21 bits per heavy atom. The number of carbonyl (C=O) groups is 1. The summed E-state index contributed by atoms with van der Waals surface area (Å²) in [5, 5.41) is 23.8. The monoisotopic (exact) mass is 327 g/mol. The van der Waals surface area contributed by atoms with Gasteiger partial charge in [-0.1, -0.05) is 24.5 Å². The van der Waals surface area contributed by atoms with E-state index in [1.165, 1.54) is 32.1 Å². The van der Waals surface area contributed by atoms with Crippen molar-refractivity contribution in [3.63, 3.8) is 0 Å². The zero-order valence-electron chi connectivity index (χ0n) is 13.6. The Bertz CT molecular complexity index is 721. The second kappa shape index (κ2) is 7.73. The van der Waals surface area contributed by atoms with Gasteiger partial charge in [0.2, 0.25) is 5.91 Å². The number of aromatic nitrogens is 5. The number of nitrogens with zero attached hydrogens (tertiary/aromatic N) is 6. The van der Waals surface area contributed by atoms with Crippen LogP contribution < -0.4 is 5.32 Å². The molecule has 1 N–H and O–H groups in total. The van der Waals surface area contributed by atoms with Crippen molar-refractivity contribution in [3.8, 4) is 6.07 Å². The van der Waals surface area contributed by atoms with E-state index in [1.54, 1.807) is 4.68 Å². The van der Waals surface area contributed by atoms with Gasteiger partial charge in [-0.2, -0.15) is 10.4 Å². The zero-order chi connectivity index (χ0) is 16.8. The van der Waals surface area contributed by atoms with Crippen LogP contribution in [-0.4, -0.2) is 30.7 Å². The van der Waals surface area contributed by atoms with E-state index >= 15 is 0 Å². The van der Waals surface area contributed by atoms with Crippen LogP contribution in [-0.2, 0) is 17.9 Å². The van der Waals surface area contributed by atoms with Crippen LogP contribution in [0.2, 0.25) is 0 Å². The molecule has 8 heteroatoms. The minimum atomic E-state index is -0.303. The highest BCUT2D eigenvalue weighted by Crippen LogP contribution is 2.28. The number of nitrogens with one attached hydrogen (secondary N) is 1. The predicted molar refractivity (Wildman–Crippen MR) is 85.5 cm³/mol. The molecule has 1 saturated carbocycles. The highest BCUT2D eigenvalue weighted by atomic mass is 16.1. The summed E-state index contributed by atoms with van der Waals surface area (Å²) < 4.78 is 3.87. The summed E-state index contributed by atoms with van der Waals surface area (Å²) in [5.41, 5.74) is 1.79. The van der Waals surface area contributed by atoms with Crippen molar-refractivity contribution in [2.24, 2.45) is 0 Å². The van der Waals surface area contributed by atoms with E-state index in [-0.39, 0.29) is 18.9 Å². The smallest absolute Gasteiger partial charge is 0.234 e. The van der Waals surface area contributed by atoms with Gasteiger partial charge >= 0.3 is 0 Å². The van der Waals surface area contributed by atoms with Crippen LogP contribution in [0.5, 0.6) is 0 Å². The van der Waals surface area contributed by atoms with Crippen LogP contribution in [0.1, 0.15) is 56.0 Å². The Labute approximate surface area is 140 Å². The fraction of sp³-hybridized carbons (Fsp3) is 0.562. The molecular weight excluding hydrogens is 306 g/mol. The number of hydrogen-bond donors (Lipinski definition) is 1. The molecule has 0 aliphatic heterocycles. The summed E-state index contributed by atoms with van der Waals surface area (Å²) in [5.74, 6) is -0.303. The van der Waals surface area contributed by atoms with Crippen molar-refractivity contribution >= 4 is 5.91 Å². The first kappa shape index (κ1) is 16.2. The lowest BCUT2D eigenvalue weighted by atomic mass is 9.95. The van der Waals surface area contributed by atoms with Crippen LogP contribution in [0, 0.1) is 11.3 Å². The average Bonchev–Trinajstić information content (AvgIpc) is 3.24. The normalized spacial score (nSPS) is 15.1. The van der Waals surface area contributed by atoms with Gasteiger partial charge in [-0.05, 0) is 18.9 Å². The second-order valence-corrected chi connectivity index (χ2v) is 6.08. The summed E-state index contributed by atoms with van der Waals surface area (Å²) in [7, 11) is 0. The number of hydrogen-bond acceptors (Lipinski definition) is 5. The molecule has 24 heavy (non-hydrogen) atoms. The SMILES string of the molecule is N#CCC(=O)NCc1cn(Cc2ccnn2C2CCCCC2)nn1. The molecule has 2 aromatic heterocycles. The number of nitriles is 1. The molecule has 126 valence electrons. The molecule has 2 aromatic rings. The second-order valence-electron chi connectivity index (χ2n) is 6.08. The van der Waals surface area contributed by atoms with Crippen molar-refractivity contribution in [2.75, 3.05) is 0 Å². The number of amides is 1. The van der Waals surface area contributed by atoms with Gasteiger partial charge in [0.1, 0.15) is 12.1 Å². The highest BCUT2D eigenvalue weighted by molar-refractivity contribution is 5.77. The summed E-state index contributed by atoms with van der Waals surface area (Å²) >= 11 is 0. The molecule has 0 saturated heterocycles. The summed E-state index contributed by atoms with van der Waals surface area (Å²) in [6.45, 7) is 0.887. The van der Waals surface area contributed by atoms with E-state index in [1.807, 2.05) is 24.5 Å². The number of carbonyl (C=O) groups excluding carboxylic acids is 1. The Balaban J connectivity index is 1.60. The van der Waals surface area contributed by atoms with E-state index in [4.69, 9.17) is 5.26 Å². The molecular formula is C16H21N7O.